The molecule has 7 aromatic rings. The normalized spacial score (nSPS) is 17.3. The van der Waals surface area contributed by atoms with Crippen LogP contribution in [0.1, 0.15) is 57.5 Å². The third-order valence-electron chi connectivity index (χ3n) is 10.4. The first kappa shape index (κ1) is 34.2. The summed E-state index contributed by atoms with van der Waals surface area (Å²) < 4.78 is 51.3. The van der Waals surface area contributed by atoms with Gasteiger partial charge in [-0.05, 0) is 97.6 Å². The van der Waals surface area contributed by atoms with Gasteiger partial charge in [0.1, 0.15) is 17.5 Å². The molecule has 2 atom stereocenters. The van der Waals surface area contributed by atoms with E-state index in [4.69, 9.17) is 19.2 Å². The standard InChI is InChI=1S/C43H34F2N6O4/c1-23-15-28(17-32-24(2)49-50-40(23)32)42(52)47-29-10-12-37-36(20-29)48-39(51(37)22-30-13-14-53-30)19-27-9-8-26(18-34(27)44)31-5-4-6-38-41(31)55-43(3,54-38)33-11-7-25(21-46)16-35(33)45/h4-12,15-18,20,30H,13-14,19,22H2,1-3H3,(H,47,52)(H,49,50)/t30-,43?/m0/s1. The Labute approximate surface area is 314 Å². The van der Waals surface area contributed by atoms with Crippen molar-refractivity contribution < 1.29 is 27.8 Å². The molecule has 0 spiro atoms. The number of carbonyl (C=O) groups excluding carboxylic acids is 1. The molecule has 9 rings (SSSR count). The number of hydrogen-bond donors (Lipinski definition) is 2. The number of ether oxygens (including phenoxy) is 3. The van der Waals surface area contributed by atoms with Crippen molar-refractivity contribution in [1.82, 2.24) is 19.7 Å². The first-order valence-corrected chi connectivity index (χ1v) is 17.9. The zero-order valence-corrected chi connectivity index (χ0v) is 30.2. The summed E-state index contributed by atoms with van der Waals surface area (Å²) in [6, 6.07) is 25.6. The molecule has 1 saturated heterocycles. The second kappa shape index (κ2) is 13.1. The van der Waals surface area contributed by atoms with E-state index in [0.717, 1.165) is 40.2 Å². The van der Waals surface area contributed by atoms with Gasteiger partial charge in [0.05, 0.1) is 46.4 Å². The van der Waals surface area contributed by atoms with Crippen molar-refractivity contribution in [2.75, 3.05) is 11.9 Å². The van der Waals surface area contributed by atoms with Crippen LogP contribution in [0.2, 0.25) is 0 Å². The van der Waals surface area contributed by atoms with E-state index in [1.165, 1.54) is 18.2 Å². The van der Waals surface area contributed by atoms with Crippen LogP contribution in [0.4, 0.5) is 14.5 Å². The molecule has 1 fully saturated rings. The summed E-state index contributed by atoms with van der Waals surface area (Å²) in [5.41, 5.74) is 7.16. The number of aromatic amines is 1. The maximum atomic E-state index is 16.1. The lowest BCUT2D eigenvalue weighted by molar-refractivity contribution is -0.0705. The van der Waals surface area contributed by atoms with Gasteiger partial charge in [0.2, 0.25) is 0 Å². The molecule has 274 valence electrons. The van der Waals surface area contributed by atoms with Gasteiger partial charge >= 0.3 is 0 Å². The fourth-order valence-corrected chi connectivity index (χ4v) is 7.42. The highest BCUT2D eigenvalue weighted by Gasteiger charge is 2.42. The lowest BCUT2D eigenvalue weighted by atomic mass is 10.0. The fraction of sp³-hybridized carbons (Fsp3) is 0.209. The zero-order valence-electron chi connectivity index (χ0n) is 30.2. The van der Waals surface area contributed by atoms with Crippen molar-refractivity contribution in [2.24, 2.45) is 0 Å². The van der Waals surface area contributed by atoms with Crippen molar-refractivity contribution in [1.29, 1.82) is 5.26 Å². The summed E-state index contributed by atoms with van der Waals surface area (Å²) in [4.78, 5) is 18.3. The molecule has 55 heavy (non-hydrogen) atoms. The number of benzene rings is 5. The monoisotopic (exact) mass is 736 g/mol. The molecule has 0 aliphatic carbocycles. The summed E-state index contributed by atoms with van der Waals surface area (Å²) >= 11 is 0. The predicted molar refractivity (Wildman–Crippen MR) is 202 cm³/mol. The second-order valence-electron chi connectivity index (χ2n) is 14.2. The molecular formula is C43H34F2N6O4. The van der Waals surface area contributed by atoms with Crippen LogP contribution in [0.5, 0.6) is 11.5 Å². The van der Waals surface area contributed by atoms with Gasteiger partial charge in [0, 0.05) is 47.8 Å². The summed E-state index contributed by atoms with van der Waals surface area (Å²) in [5, 5.41) is 20.4. The van der Waals surface area contributed by atoms with E-state index in [2.05, 4.69) is 20.1 Å². The number of aromatic nitrogens is 4. The molecule has 2 aliphatic heterocycles. The Morgan fingerprint density at radius 3 is 2.65 bits per heavy atom. The molecule has 1 unspecified atom stereocenters. The van der Waals surface area contributed by atoms with E-state index in [1.54, 1.807) is 31.2 Å². The molecule has 2 N–H and O–H groups in total. The molecule has 1 amide bonds. The molecule has 0 radical (unpaired) electrons. The molecule has 4 heterocycles. The van der Waals surface area contributed by atoms with Crippen LogP contribution >= 0.6 is 0 Å². The van der Waals surface area contributed by atoms with Crippen LogP contribution in [0.25, 0.3) is 33.1 Å². The first-order chi connectivity index (χ1) is 26.6. The number of amides is 1. The minimum absolute atomic E-state index is 0.0260. The lowest BCUT2D eigenvalue weighted by Gasteiger charge is -2.27. The van der Waals surface area contributed by atoms with Crippen LogP contribution < -0.4 is 14.8 Å². The number of para-hydroxylation sites is 1. The third kappa shape index (κ3) is 6.03. The van der Waals surface area contributed by atoms with Gasteiger partial charge in [-0.2, -0.15) is 10.4 Å². The SMILES string of the molecule is Cc1[nH]nc2c(C)cc(C(=O)Nc3ccc4c(c3)nc(Cc3ccc(-c5cccc6c5OC(C)(c5ccc(C#N)cc5F)O6)cc3F)n4C[C@@H]3CCO3)cc12. The molecule has 2 aromatic heterocycles. The molecule has 5 aromatic carbocycles. The fourth-order valence-electron chi connectivity index (χ4n) is 7.42. The number of carbonyl (C=O) groups is 1. The lowest BCUT2D eigenvalue weighted by Crippen LogP contribution is -2.32. The molecular weight excluding hydrogens is 703 g/mol. The highest BCUT2D eigenvalue weighted by atomic mass is 19.1. The van der Waals surface area contributed by atoms with Gasteiger partial charge in [0.25, 0.3) is 11.7 Å². The van der Waals surface area contributed by atoms with Crippen molar-refractivity contribution in [3.8, 4) is 28.7 Å². The van der Waals surface area contributed by atoms with Crippen molar-refractivity contribution in [3.05, 3.63) is 136 Å². The van der Waals surface area contributed by atoms with Crippen molar-refractivity contribution in [3.63, 3.8) is 0 Å². The zero-order chi connectivity index (χ0) is 38.0. The number of halogens is 2. The number of nitriles is 1. The Kier molecular flexibility index (Phi) is 8.13. The Hall–Kier alpha value is -6.58. The summed E-state index contributed by atoms with van der Waals surface area (Å²) in [6.07, 6.45) is 1.15. The number of anilines is 1. The van der Waals surface area contributed by atoms with E-state index in [9.17, 15) is 10.1 Å². The smallest absolute Gasteiger partial charge is 0.278 e. The summed E-state index contributed by atoms with van der Waals surface area (Å²) in [5.74, 6) is -1.39. The second-order valence-corrected chi connectivity index (χ2v) is 14.2. The largest absolute Gasteiger partial charge is 0.444 e. The number of H-pyrrole nitrogens is 1. The number of aryl methyl sites for hydroxylation is 2. The molecule has 10 nitrogen and oxygen atoms in total. The van der Waals surface area contributed by atoms with Crippen molar-refractivity contribution in [2.45, 2.75) is 52.0 Å². The molecule has 0 saturated carbocycles. The number of fused-ring (bicyclic) bond motifs is 3. The van der Waals surface area contributed by atoms with Crippen LogP contribution in [-0.4, -0.2) is 38.4 Å². The van der Waals surface area contributed by atoms with Crippen molar-refractivity contribution >= 4 is 33.5 Å². The Balaban J connectivity index is 0.990. The highest BCUT2D eigenvalue weighted by Crippen LogP contribution is 2.49. The maximum Gasteiger partial charge on any atom is 0.278 e. The summed E-state index contributed by atoms with van der Waals surface area (Å²) in [6.45, 7) is 6.71. The topological polar surface area (TPSA) is 127 Å². The van der Waals surface area contributed by atoms with Gasteiger partial charge in [-0.1, -0.05) is 24.3 Å². The Morgan fingerprint density at radius 2 is 1.89 bits per heavy atom. The first-order valence-electron chi connectivity index (χ1n) is 17.9. The highest BCUT2D eigenvalue weighted by molar-refractivity contribution is 6.07. The number of nitrogens with one attached hydrogen (secondary N) is 2. The molecule has 2 aliphatic rings. The van der Waals surface area contributed by atoms with E-state index in [1.807, 2.05) is 56.3 Å². The minimum Gasteiger partial charge on any atom is -0.444 e. The number of hydrogen-bond acceptors (Lipinski definition) is 7. The van der Waals surface area contributed by atoms with Gasteiger partial charge in [-0.25, -0.2) is 13.8 Å². The average Bonchev–Trinajstić information content (AvgIpc) is 3.82. The quantitative estimate of drug-likeness (QED) is 0.160. The number of nitrogens with zero attached hydrogens (tertiary/aromatic N) is 4. The number of imidazole rings is 1. The van der Waals surface area contributed by atoms with Gasteiger partial charge < -0.3 is 24.1 Å². The Morgan fingerprint density at radius 1 is 1.04 bits per heavy atom. The predicted octanol–water partition coefficient (Wildman–Crippen LogP) is 8.62. The Bertz CT molecular complexity index is 2750. The number of rotatable bonds is 8. The van der Waals surface area contributed by atoms with Crippen LogP contribution in [0.15, 0.2) is 84.9 Å². The molecule has 0 bridgehead atoms. The average molecular weight is 737 g/mol. The van der Waals surface area contributed by atoms with E-state index in [-0.39, 0.29) is 29.6 Å². The van der Waals surface area contributed by atoms with Gasteiger partial charge in [-0.3, -0.25) is 9.89 Å². The maximum absolute atomic E-state index is 16.1. The minimum atomic E-state index is -1.49. The van der Waals surface area contributed by atoms with E-state index >= 15 is 8.78 Å². The van der Waals surface area contributed by atoms with Gasteiger partial charge in [0.15, 0.2) is 11.5 Å². The van der Waals surface area contributed by atoms with E-state index < -0.39 is 17.4 Å². The van der Waals surface area contributed by atoms with E-state index in [0.29, 0.717) is 63.9 Å². The van der Waals surface area contributed by atoms with Gasteiger partial charge in [-0.15, -0.1) is 0 Å². The molecule has 12 heteroatoms. The van der Waals surface area contributed by atoms with Crippen LogP contribution in [-0.2, 0) is 23.5 Å². The third-order valence-corrected chi connectivity index (χ3v) is 10.4. The van der Waals surface area contributed by atoms with Crippen LogP contribution in [0, 0.1) is 36.8 Å². The van der Waals surface area contributed by atoms with Crippen LogP contribution in [0.3, 0.4) is 0 Å². The summed E-state index contributed by atoms with van der Waals surface area (Å²) in [7, 11) is 0.